The van der Waals surface area contributed by atoms with Crippen LogP contribution in [-0.2, 0) is 9.53 Å². The average Bonchev–Trinajstić information content (AvgIpc) is 1.85. The minimum Gasteiger partial charge on any atom is -0.463 e. The molecule has 0 bridgehead atoms. The number of ether oxygens (including phenoxy) is 1. The van der Waals surface area contributed by atoms with Gasteiger partial charge in [0.1, 0.15) is 0 Å². The predicted octanol–water partition coefficient (Wildman–Crippen LogP) is 1.33. The molecule has 0 fully saturated rings. The molecule has 2 heteroatoms. The van der Waals surface area contributed by atoms with Crippen molar-refractivity contribution in [2.24, 2.45) is 0 Å². The lowest BCUT2D eigenvalue weighted by Crippen LogP contribution is -2.00. The Morgan fingerprint density at radius 1 is 1.78 bits per heavy atom. The fourth-order valence-electron chi connectivity index (χ4n) is 0.347. The van der Waals surface area contributed by atoms with Crippen molar-refractivity contribution in [1.29, 1.82) is 0 Å². The van der Waals surface area contributed by atoms with Gasteiger partial charge in [-0.3, -0.25) is 0 Å². The quantitative estimate of drug-likeness (QED) is 0.422. The minimum absolute atomic E-state index is 0.313. The molecule has 9 heavy (non-hydrogen) atoms. The van der Waals surface area contributed by atoms with Crippen LogP contribution < -0.4 is 0 Å². The number of esters is 1. The van der Waals surface area contributed by atoms with Crippen molar-refractivity contribution in [2.75, 3.05) is 6.61 Å². The van der Waals surface area contributed by atoms with Gasteiger partial charge in [0, 0.05) is 6.08 Å². The Bertz CT molecular complexity index is 105. The van der Waals surface area contributed by atoms with E-state index in [1.54, 1.807) is 0 Å². The Hall–Kier alpha value is -0.790. The lowest BCUT2D eigenvalue weighted by atomic mass is 10.5. The largest absolute Gasteiger partial charge is 0.463 e. The van der Waals surface area contributed by atoms with E-state index in [0.717, 1.165) is 6.42 Å². The Morgan fingerprint density at radius 3 is 2.89 bits per heavy atom. The third kappa shape index (κ3) is 5.07. The van der Waals surface area contributed by atoms with E-state index in [0.29, 0.717) is 6.61 Å². The number of carbonyl (C=O) groups excluding carboxylic acids is 1. The highest BCUT2D eigenvalue weighted by Crippen LogP contribution is 1.83. The zero-order chi connectivity index (χ0) is 7.11. The van der Waals surface area contributed by atoms with Gasteiger partial charge < -0.3 is 4.74 Å². The van der Waals surface area contributed by atoms with Crippen LogP contribution in [0.25, 0.3) is 0 Å². The molecule has 51 valence electrons. The second-order valence-electron chi connectivity index (χ2n) is 1.57. The standard InChI is InChI=1S/C7H11O2/c1-3-5-7(8)9-6-4-2/h3,5H,1,4,6H2,2H3. The Kier molecular flexibility index (Phi) is 4.88. The molecule has 0 rings (SSSR count). The zero-order valence-corrected chi connectivity index (χ0v) is 5.59. The third-order valence-corrected chi connectivity index (χ3v) is 0.702. The SMILES string of the molecule is [CH2]C=CC(=O)OCCC. The number of hydrogen-bond acceptors (Lipinski definition) is 2. The van der Waals surface area contributed by atoms with Crippen LogP contribution in [0.5, 0.6) is 0 Å². The molecule has 0 spiro atoms. The van der Waals surface area contributed by atoms with Crippen LogP contribution in [0.3, 0.4) is 0 Å². The maximum absolute atomic E-state index is 10.5. The number of allylic oxidation sites excluding steroid dienone is 1. The van der Waals surface area contributed by atoms with Gasteiger partial charge in [-0.1, -0.05) is 13.0 Å². The van der Waals surface area contributed by atoms with Crippen molar-refractivity contribution < 1.29 is 9.53 Å². The molecule has 0 aliphatic rings. The van der Waals surface area contributed by atoms with Crippen LogP contribution in [-0.4, -0.2) is 12.6 Å². The van der Waals surface area contributed by atoms with E-state index in [-0.39, 0.29) is 5.97 Å². The normalized spacial score (nSPS) is 10.0. The molecular formula is C7H11O2. The fourth-order valence-corrected chi connectivity index (χ4v) is 0.347. The van der Waals surface area contributed by atoms with Gasteiger partial charge in [-0.15, -0.1) is 0 Å². The van der Waals surface area contributed by atoms with Crippen LogP contribution in [0.4, 0.5) is 0 Å². The molecule has 0 saturated carbocycles. The van der Waals surface area contributed by atoms with Crippen molar-refractivity contribution in [1.82, 2.24) is 0 Å². The van der Waals surface area contributed by atoms with Crippen LogP contribution >= 0.6 is 0 Å². The lowest BCUT2D eigenvalue weighted by Gasteiger charge is -1.95. The molecule has 0 saturated heterocycles. The molecule has 0 amide bonds. The zero-order valence-electron chi connectivity index (χ0n) is 5.59. The van der Waals surface area contributed by atoms with E-state index in [1.807, 2.05) is 6.92 Å². The van der Waals surface area contributed by atoms with E-state index < -0.39 is 0 Å². The van der Waals surface area contributed by atoms with Crippen molar-refractivity contribution in [3.63, 3.8) is 0 Å². The molecule has 0 aliphatic carbocycles. The molecule has 0 unspecified atom stereocenters. The first-order valence-electron chi connectivity index (χ1n) is 2.93. The summed E-state index contributed by atoms with van der Waals surface area (Å²) in [4.78, 5) is 10.5. The number of carbonyl (C=O) groups is 1. The van der Waals surface area contributed by atoms with Crippen molar-refractivity contribution in [2.45, 2.75) is 13.3 Å². The van der Waals surface area contributed by atoms with Gasteiger partial charge in [0.05, 0.1) is 6.61 Å². The average molecular weight is 127 g/mol. The first kappa shape index (κ1) is 8.21. The second-order valence-corrected chi connectivity index (χ2v) is 1.57. The molecular weight excluding hydrogens is 116 g/mol. The third-order valence-electron chi connectivity index (χ3n) is 0.702. The highest BCUT2D eigenvalue weighted by atomic mass is 16.5. The van der Waals surface area contributed by atoms with Crippen LogP contribution in [0.15, 0.2) is 12.2 Å². The topological polar surface area (TPSA) is 26.3 Å². The maximum Gasteiger partial charge on any atom is 0.330 e. The maximum atomic E-state index is 10.5. The summed E-state index contributed by atoms with van der Waals surface area (Å²) in [6, 6.07) is 0. The van der Waals surface area contributed by atoms with Gasteiger partial charge in [0.15, 0.2) is 0 Å². The highest BCUT2D eigenvalue weighted by molar-refractivity contribution is 5.81. The Labute approximate surface area is 55.5 Å². The van der Waals surface area contributed by atoms with Gasteiger partial charge in [-0.2, -0.15) is 0 Å². The number of hydrogen-bond donors (Lipinski definition) is 0. The van der Waals surface area contributed by atoms with Crippen molar-refractivity contribution in [3.8, 4) is 0 Å². The summed E-state index contributed by atoms with van der Waals surface area (Å²) >= 11 is 0. The summed E-state index contributed by atoms with van der Waals surface area (Å²) in [6.07, 6.45) is 3.57. The molecule has 2 nitrogen and oxygen atoms in total. The lowest BCUT2D eigenvalue weighted by molar-refractivity contribution is -0.137. The summed E-state index contributed by atoms with van der Waals surface area (Å²) in [5, 5.41) is 0. The highest BCUT2D eigenvalue weighted by Gasteiger charge is 1.90. The van der Waals surface area contributed by atoms with Gasteiger partial charge in [-0.05, 0) is 13.3 Å². The summed E-state index contributed by atoms with van der Waals surface area (Å²) in [7, 11) is 0. The molecule has 0 aromatic carbocycles. The van der Waals surface area contributed by atoms with E-state index in [4.69, 9.17) is 0 Å². The molecule has 0 aromatic heterocycles. The Balaban J connectivity index is 3.27. The molecule has 0 aliphatic heterocycles. The van der Waals surface area contributed by atoms with Crippen molar-refractivity contribution >= 4 is 5.97 Å². The number of rotatable bonds is 3. The predicted molar refractivity (Wildman–Crippen MR) is 35.7 cm³/mol. The van der Waals surface area contributed by atoms with Crippen LogP contribution in [0.1, 0.15) is 13.3 Å². The minimum atomic E-state index is -0.313. The molecule has 0 heterocycles. The van der Waals surface area contributed by atoms with E-state index in [9.17, 15) is 4.79 Å². The van der Waals surface area contributed by atoms with Crippen molar-refractivity contribution in [3.05, 3.63) is 19.1 Å². The first-order valence-corrected chi connectivity index (χ1v) is 2.93. The van der Waals surface area contributed by atoms with E-state index in [2.05, 4.69) is 11.7 Å². The fraction of sp³-hybridized carbons (Fsp3) is 0.429. The first-order chi connectivity index (χ1) is 4.31. The van der Waals surface area contributed by atoms with Crippen LogP contribution in [0.2, 0.25) is 0 Å². The van der Waals surface area contributed by atoms with E-state index >= 15 is 0 Å². The summed E-state index contributed by atoms with van der Waals surface area (Å²) in [6.45, 7) is 5.79. The summed E-state index contributed by atoms with van der Waals surface area (Å²) in [5.74, 6) is -0.313. The summed E-state index contributed by atoms with van der Waals surface area (Å²) in [5.41, 5.74) is 0. The molecule has 1 radical (unpaired) electrons. The smallest absolute Gasteiger partial charge is 0.330 e. The molecule has 0 N–H and O–H groups in total. The summed E-state index contributed by atoms with van der Waals surface area (Å²) < 4.78 is 4.67. The van der Waals surface area contributed by atoms with E-state index in [1.165, 1.54) is 12.2 Å². The monoisotopic (exact) mass is 127 g/mol. The van der Waals surface area contributed by atoms with Gasteiger partial charge in [0.2, 0.25) is 0 Å². The molecule has 0 aromatic rings. The van der Waals surface area contributed by atoms with Crippen LogP contribution in [0, 0.1) is 6.92 Å². The van der Waals surface area contributed by atoms with Gasteiger partial charge in [0.25, 0.3) is 0 Å². The van der Waals surface area contributed by atoms with Gasteiger partial charge in [-0.25, -0.2) is 4.79 Å². The second kappa shape index (κ2) is 5.35. The van der Waals surface area contributed by atoms with Gasteiger partial charge >= 0.3 is 5.97 Å². The Morgan fingerprint density at radius 2 is 2.44 bits per heavy atom. The molecule has 0 atom stereocenters.